The highest BCUT2D eigenvalue weighted by Crippen LogP contribution is 2.24. The molecule has 1 fully saturated rings. The molecule has 124 valence electrons. The topological polar surface area (TPSA) is 58.4 Å². The maximum Gasteiger partial charge on any atom is 0.237 e. The highest BCUT2D eigenvalue weighted by molar-refractivity contribution is 5.82. The molecule has 1 amide bonds. The summed E-state index contributed by atoms with van der Waals surface area (Å²) in [4.78, 5) is 15.0. The van der Waals surface area contributed by atoms with Gasteiger partial charge in [0, 0.05) is 18.1 Å². The molecule has 4 nitrogen and oxygen atoms in total. The Labute approximate surface area is 130 Å². The molecule has 1 atom stereocenters. The predicted molar refractivity (Wildman–Crippen MR) is 89.2 cm³/mol. The molecule has 1 aliphatic rings. The van der Waals surface area contributed by atoms with Gasteiger partial charge >= 0.3 is 0 Å². The van der Waals surface area contributed by atoms with Gasteiger partial charge in [-0.2, -0.15) is 0 Å². The zero-order valence-corrected chi connectivity index (χ0v) is 14.5. The van der Waals surface area contributed by atoms with Crippen molar-refractivity contribution in [1.82, 2.24) is 10.2 Å². The summed E-state index contributed by atoms with van der Waals surface area (Å²) >= 11 is 0. The summed E-state index contributed by atoms with van der Waals surface area (Å²) in [5, 5.41) is 3.19. The number of hydrogen-bond acceptors (Lipinski definition) is 3. The van der Waals surface area contributed by atoms with Crippen LogP contribution < -0.4 is 11.1 Å². The fourth-order valence-electron chi connectivity index (χ4n) is 3.06. The first-order valence-corrected chi connectivity index (χ1v) is 8.69. The van der Waals surface area contributed by atoms with Crippen LogP contribution in [0, 0.1) is 0 Å². The third kappa shape index (κ3) is 5.95. The van der Waals surface area contributed by atoms with Crippen LogP contribution >= 0.6 is 0 Å². The van der Waals surface area contributed by atoms with Crippen LogP contribution in [0.15, 0.2) is 0 Å². The Balaban J connectivity index is 2.69. The fourth-order valence-corrected chi connectivity index (χ4v) is 3.06. The van der Waals surface area contributed by atoms with Gasteiger partial charge in [0.15, 0.2) is 0 Å². The molecule has 1 aliphatic carbocycles. The number of hydrogen-bond donors (Lipinski definition) is 2. The highest BCUT2D eigenvalue weighted by Gasteiger charge is 2.30. The Bertz CT molecular complexity index is 311. The molecule has 0 aromatic heterocycles. The number of nitrogens with one attached hydrogen (secondary N) is 1. The van der Waals surface area contributed by atoms with Crippen LogP contribution in [0.4, 0.5) is 0 Å². The Kier molecular flexibility index (Phi) is 7.67. The van der Waals surface area contributed by atoms with Crippen molar-refractivity contribution in [2.45, 2.75) is 90.3 Å². The standard InChI is InChI=1S/C17H35N3O/c1-5-17(3,4)19-16(21)14(2)20(13-9-12-18)15-10-7-6-8-11-15/h14-15H,5-13,18H2,1-4H3,(H,19,21). The van der Waals surface area contributed by atoms with Crippen LogP contribution in [-0.4, -0.2) is 41.5 Å². The van der Waals surface area contributed by atoms with Crippen molar-refractivity contribution >= 4 is 5.91 Å². The van der Waals surface area contributed by atoms with E-state index in [9.17, 15) is 4.79 Å². The molecule has 1 saturated carbocycles. The zero-order chi connectivity index (χ0) is 15.9. The van der Waals surface area contributed by atoms with Crippen molar-refractivity contribution in [3.63, 3.8) is 0 Å². The second-order valence-electron chi connectivity index (χ2n) is 7.07. The average Bonchev–Trinajstić information content (AvgIpc) is 2.48. The first kappa shape index (κ1) is 18.4. The lowest BCUT2D eigenvalue weighted by Crippen LogP contribution is -2.55. The fraction of sp³-hybridized carbons (Fsp3) is 0.941. The molecular weight excluding hydrogens is 262 g/mol. The minimum Gasteiger partial charge on any atom is -0.350 e. The van der Waals surface area contributed by atoms with E-state index >= 15 is 0 Å². The zero-order valence-electron chi connectivity index (χ0n) is 14.5. The van der Waals surface area contributed by atoms with Gasteiger partial charge in [-0.25, -0.2) is 0 Å². The van der Waals surface area contributed by atoms with Gasteiger partial charge in [0.2, 0.25) is 5.91 Å². The van der Waals surface area contributed by atoms with Crippen LogP contribution in [0.5, 0.6) is 0 Å². The minimum absolute atomic E-state index is 0.0644. The molecule has 0 heterocycles. The molecule has 0 aromatic rings. The van der Waals surface area contributed by atoms with Crippen molar-refractivity contribution in [3.05, 3.63) is 0 Å². The monoisotopic (exact) mass is 297 g/mol. The first-order chi connectivity index (χ1) is 9.91. The van der Waals surface area contributed by atoms with Crippen LogP contribution in [0.25, 0.3) is 0 Å². The van der Waals surface area contributed by atoms with E-state index < -0.39 is 0 Å². The molecule has 0 saturated heterocycles. The van der Waals surface area contributed by atoms with Gasteiger partial charge in [0.05, 0.1) is 6.04 Å². The van der Waals surface area contributed by atoms with Crippen molar-refractivity contribution in [3.8, 4) is 0 Å². The van der Waals surface area contributed by atoms with Gasteiger partial charge in [0.1, 0.15) is 0 Å². The molecule has 0 spiro atoms. The molecule has 0 bridgehead atoms. The van der Waals surface area contributed by atoms with Crippen molar-refractivity contribution in [2.75, 3.05) is 13.1 Å². The summed E-state index contributed by atoms with van der Waals surface area (Å²) in [5.74, 6) is 0.157. The van der Waals surface area contributed by atoms with Crippen molar-refractivity contribution < 1.29 is 4.79 Å². The third-order valence-electron chi connectivity index (χ3n) is 4.89. The molecule has 1 rings (SSSR count). The third-order valence-corrected chi connectivity index (χ3v) is 4.89. The largest absolute Gasteiger partial charge is 0.350 e. The second kappa shape index (κ2) is 8.74. The number of nitrogens with zero attached hydrogens (tertiary/aromatic N) is 1. The van der Waals surface area contributed by atoms with Gasteiger partial charge in [0.25, 0.3) is 0 Å². The minimum atomic E-state index is -0.128. The van der Waals surface area contributed by atoms with E-state index in [2.05, 4.69) is 31.0 Å². The lowest BCUT2D eigenvalue weighted by Gasteiger charge is -2.39. The van der Waals surface area contributed by atoms with Crippen LogP contribution in [0.3, 0.4) is 0 Å². The Morgan fingerprint density at radius 2 is 1.95 bits per heavy atom. The summed E-state index contributed by atoms with van der Waals surface area (Å²) < 4.78 is 0. The Morgan fingerprint density at radius 1 is 1.33 bits per heavy atom. The van der Waals surface area contributed by atoms with Crippen LogP contribution in [0.1, 0.15) is 72.6 Å². The Hall–Kier alpha value is -0.610. The molecule has 1 unspecified atom stereocenters. The first-order valence-electron chi connectivity index (χ1n) is 8.69. The molecule has 3 N–H and O–H groups in total. The summed E-state index contributed by atoms with van der Waals surface area (Å²) in [6.07, 6.45) is 8.27. The number of carbonyl (C=O) groups excluding carboxylic acids is 1. The van der Waals surface area contributed by atoms with Crippen LogP contribution in [0.2, 0.25) is 0 Å². The molecule has 0 aliphatic heterocycles. The van der Waals surface area contributed by atoms with E-state index in [-0.39, 0.29) is 17.5 Å². The van der Waals surface area contributed by atoms with Gasteiger partial charge < -0.3 is 11.1 Å². The van der Waals surface area contributed by atoms with Crippen molar-refractivity contribution in [2.24, 2.45) is 5.73 Å². The van der Waals surface area contributed by atoms with Gasteiger partial charge in [-0.3, -0.25) is 9.69 Å². The molecule has 4 heteroatoms. The summed E-state index contributed by atoms with van der Waals surface area (Å²) in [6, 6.07) is 0.487. The average molecular weight is 297 g/mol. The van der Waals surface area contributed by atoms with E-state index in [4.69, 9.17) is 5.73 Å². The maximum atomic E-state index is 12.6. The molecule has 21 heavy (non-hydrogen) atoms. The van der Waals surface area contributed by atoms with E-state index in [1.807, 2.05) is 6.92 Å². The number of rotatable bonds is 8. The molecular formula is C17H35N3O. The summed E-state index contributed by atoms with van der Waals surface area (Å²) in [6.45, 7) is 9.95. The lowest BCUT2D eigenvalue weighted by molar-refractivity contribution is -0.128. The molecule has 0 aromatic carbocycles. The normalized spacial score (nSPS) is 18.8. The quantitative estimate of drug-likeness (QED) is 0.724. The number of carbonyl (C=O) groups is 1. The number of amides is 1. The SMILES string of the molecule is CCC(C)(C)NC(=O)C(C)N(CCCN)C1CCCCC1. The van der Waals surface area contributed by atoms with Crippen molar-refractivity contribution in [1.29, 1.82) is 0 Å². The van der Waals surface area contributed by atoms with Crippen LogP contribution in [-0.2, 0) is 4.79 Å². The second-order valence-corrected chi connectivity index (χ2v) is 7.07. The molecule has 0 radical (unpaired) electrons. The lowest BCUT2D eigenvalue weighted by atomic mass is 9.92. The van der Waals surface area contributed by atoms with Gasteiger partial charge in [-0.1, -0.05) is 26.2 Å². The number of nitrogens with two attached hydrogens (primary N) is 1. The maximum absolute atomic E-state index is 12.6. The Morgan fingerprint density at radius 3 is 2.48 bits per heavy atom. The van der Waals surface area contributed by atoms with E-state index in [1.54, 1.807) is 0 Å². The highest BCUT2D eigenvalue weighted by atomic mass is 16.2. The van der Waals surface area contributed by atoms with Gasteiger partial charge in [-0.15, -0.1) is 0 Å². The van der Waals surface area contributed by atoms with Gasteiger partial charge in [-0.05, 0) is 53.0 Å². The smallest absolute Gasteiger partial charge is 0.237 e. The van der Waals surface area contributed by atoms with E-state index in [0.29, 0.717) is 12.6 Å². The van der Waals surface area contributed by atoms with E-state index in [0.717, 1.165) is 19.4 Å². The summed E-state index contributed by atoms with van der Waals surface area (Å²) in [5.41, 5.74) is 5.55. The summed E-state index contributed by atoms with van der Waals surface area (Å²) in [7, 11) is 0. The predicted octanol–water partition coefficient (Wildman–Crippen LogP) is 2.66. The van der Waals surface area contributed by atoms with E-state index in [1.165, 1.54) is 32.1 Å².